The molecule has 0 N–H and O–H groups in total. The molecule has 1 heterocycles. The summed E-state index contributed by atoms with van der Waals surface area (Å²) in [5, 5.41) is 0. The van der Waals surface area contributed by atoms with E-state index in [0.29, 0.717) is 0 Å². The van der Waals surface area contributed by atoms with Gasteiger partial charge < -0.3 is 4.48 Å². The third-order valence-corrected chi connectivity index (χ3v) is 6.40. The Morgan fingerprint density at radius 3 is 1.88 bits per heavy atom. The van der Waals surface area contributed by atoms with Crippen LogP contribution < -0.4 is 0 Å². The minimum atomic E-state index is 0.720. The molecule has 1 aliphatic heterocycles. The Balaban J connectivity index is 1.76. The summed E-state index contributed by atoms with van der Waals surface area (Å²) in [6, 6.07) is 12.1. The fourth-order valence-corrected chi connectivity index (χ4v) is 5.01. The molecule has 0 bridgehead atoms. The van der Waals surface area contributed by atoms with Gasteiger partial charge in [-0.1, -0.05) is 89.1 Å². The maximum absolute atomic E-state index is 2.40. The highest BCUT2D eigenvalue weighted by Gasteiger charge is 2.39. The molecule has 0 aliphatic carbocycles. The van der Waals surface area contributed by atoms with Gasteiger partial charge in [0.2, 0.25) is 0 Å². The Bertz CT molecular complexity index is 433. The smallest absolute Gasteiger partial charge is 0.114 e. The van der Waals surface area contributed by atoms with Gasteiger partial charge in [-0.05, 0) is 12.8 Å². The van der Waals surface area contributed by atoms with Gasteiger partial charge in [0, 0.05) is 24.8 Å². The van der Waals surface area contributed by atoms with E-state index in [9.17, 15) is 0 Å². The Labute approximate surface area is 157 Å². The summed E-state index contributed by atoms with van der Waals surface area (Å²) in [4.78, 5) is 0. The molecular formula is C24H42N+. The lowest BCUT2D eigenvalue weighted by atomic mass is 9.99. The molecule has 2 rings (SSSR count). The first-order chi connectivity index (χ1) is 12.3. The quantitative estimate of drug-likeness (QED) is 0.260. The van der Waals surface area contributed by atoms with Crippen molar-refractivity contribution in [1.82, 2.24) is 0 Å². The van der Waals surface area contributed by atoms with E-state index in [-0.39, 0.29) is 0 Å². The van der Waals surface area contributed by atoms with Crippen LogP contribution in [0.2, 0.25) is 0 Å². The number of hydrogen-bond acceptors (Lipinski definition) is 0. The highest BCUT2D eigenvalue weighted by Crippen LogP contribution is 2.36. The van der Waals surface area contributed by atoms with Gasteiger partial charge >= 0.3 is 0 Å². The van der Waals surface area contributed by atoms with Crippen LogP contribution in [0, 0.1) is 0 Å². The highest BCUT2D eigenvalue weighted by molar-refractivity contribution is 5.17. The molecule has 25 heavy (non-hydrogen) atoms. The largest absolute Gasteiger partial charge is 0.317 e. The standard InChI is InChI=1S/C24H42N/c1-3-5-6-7-8-9-10-11-15-20-25(21-16-17-22-25)24(4-2)23-18-13-12-14-19-23/h12-14,18-19,24H,3-11,15-17,20-22H2,1-2H3/q+1. The Hall–Kier alpha value is -0.820. The maximum Gasteiger partial charge on any atom is 0.114 e. The summed E-state index contributed by atoms with van der Waals surface area (Å²) in [6.07, 6.45) is 17.1. The Kier molecular flexibility index (Phi) is 9.61. The molecule has 0 aromatic heterocycles. The van der Waals surface area contributed by atoms with E-state index in [2.05, 4.69) is 44.2 Å². The minimum Gasteiger partial charge on any atom is -0.317 e. The molecule has 1 aliphatic rings. The van der Waals surface area contributed by atoms with Crippen LogP contribution in [0.25, 0.3) is 0 Å². The number of quaternary nitrogens is 1. The van der Waals surface area contributed by atoms with E-state index in [0.717, 1.165) is 6.04 Å². The topological polar surface area (TPSA) is 0 Å². The number of likely N-dealkylation sites (tertiary alicyclic amines) is 1. The number of nitrogens with zero attached hydrogens (tertiary/aromatic N) is 1. The van der Waals surface area contributed by atoms with Crippen molar-refractivity contribution < 1.29 is 4.48 Å². The lowest BCUT2D eigenvalue weighted by Crippen LogP contribution is -2.48. The SMILES string of the molecule is CCCCCCCCCCC[N+]1(C(CC)c2ccccc2)CCCC1. The molecule has 1 fully saturated rings. The third-order valence-electron chi connectivity index (χ3n) is 6.40. The van der Waals surface area contributed by atoms with Gasteiger partial charge in [-0.2, -0.15) is 0 Å². The molecule has 1 unspecified atom stereocenters. The van der Waals surface area contributed by atoms with E-state index in [1.54, 1.807) is 5.56 Å². The zero-order valence-corrected chi connectivity index (χ0v) is 17.0. The van der Waals surface area contributed by atoms with Crippen LogP contribution in [0.4, 0.5) is 0 Å². The van der Waals surface area contributed by atoms with Crippen molar-refractivity contribution in [3.05, 3.63) is 35.9 Å². The van der Waals surface area contributed by atoms with E-state index in [1.165, 1.54) is 101 Å². The van der Waals surface area contributed by atoms with Crippen LogP contribution in [0.3, 0.4) is 0 Å². The summed E-state index contributed by atoms with van der Waals surface area (Å²) in [5.41, 5.74) is 1.57. The fraction of sp³-hybridized carbons (Fsp3) is 0.750. The minimum absolute atomic E-state index is 0.720. The van der Waals surface area contributed by atoms with Crippen molar-refractivity contribution >= 4 is 0 Å². The number of benzene rings is 1. The fourth-order valence-electron chi connectivity index (χ4n) is 5.01. The zero-order chi connectivity index (χ0) is 17.8. The average Bonchev–Trinajstić information content (AvgIpc) is 3.11. The summed E-state index contributed by atoms with van der Waals surface area (Å²) >= 11 is 0. The van der Waals surface area contributed by atoms with Crippen LogP contribution in [-0.2, 0) is 0 Å². The molecule has 0 saturated carbocycles. The molecule has 0 spiro atoms. The second-order valence-corrected chi connectivity index (χ2v) is 8.26. The molecule has 0 radical (unpaired) electrons. The zero-order valence-electron chi connectivity index (χ0n) is 17.0. The second-order valence-electron chi connectivity index (χ2n) is 8.26. The predicted molar refractivity (Wildman–Crippen MR) is 111 cm³/mol. The predicted octanol–water partition coefficient (Wildman–Crippen LogP) is 7.28. The first-order valence-electron chi connectivity index (χ1n) is 11.2. The van der Waals surface area contributed by atoms with E-state index < -0.39 is 0 Å². The van der Waals surface area contributed by atoms with E-state index in [4.69, 9.17) is 0 Å². The van der Waals surface area contributed by atoms with Gasteiger partial charge in [-0.25, -0.2) is 0 Å². The lowest BCUT2D eigenvalue weighted by molar-refractivity contribution is -0.946. The molecular weight excluding hydrogens is 302 g/mol. The maximum atomic E-state index is 2.40. The first-order valence-corrected chi connectivity index (χ1v) is 11.2. The van der Waals surface area contributed by atoms with Crippen molar-refractivity contribution in [1.29, 1.82) is 0 Å². The average molecular weight is 345 g/mol. The molecule has 1 aromatic carbocycles. The number of hydrogen-bond donors (Lipinski definition) is 0. The van der Waals surface area contributed by atoms with Gasteiger partial charge in [0.05, 0.1) is 19.6 Å². The van der Waals surface area contributed by atoms with Crippen LogP contribution in [0.5, 0.6) is 0 Å². The third kappa shape index (κ3) is 6.44. The van der Waals surface area contributed by atoms with Crippen LogP contribution in [0.15, 0.2) is 30.3 Å². The van der Waals surface area contributed by atoms with E-state index in [1.807, 2.05) is 0 Å². The van der Waals surface area contributed by atoms with Gasteiger partial charge in [0.15, 0.2) is 0 Å². The van der Waals surface area contributed by atoms with Crippen LogP contribution in [0.1, 0.15) is 103 Å². The van der Waals surface area contributed by atoms with Gasteiger partial charge in [-0.15, -0.1) is 0 Å². The summed E-state index contributed by atoms with van der Waals surface area (Å²) in [7, 11) is 0. The lowest BCUT2D eigenvalue weighted by Gasteiger charge is -2.42. The monoisotopic (exact) mass is 344 g/mol. The number of unbranched alkanes of at least 4 members (excludes halogenated alkanes) is 8. The van der Waals surface area contributed by atoms with Crippen molar-refractivity contribution in [3.8, 4) is 0 Å². The van der Waals surface area contributed by atoms with Gasteiger partial charge in [-0.3, -0.25) is 0 Å². The summed E-state index contributed by atoms with van der Waals surface area (Å²) in [6.45, 7) is 8.92. The molecule has 142 valence electrons. The second kappa shape index (κ2) is 11.7. The molecule has 1 nitrogen and oxygen atoms in total. The molecule has 0 amide bonds. The molecule has 1 aromatic rings. The number of rotatable bonds is 13. The highest BCUT2D eigenvalue weighted by atomic mass is 15.4. The molecule has 1 saturated heterocycles. The summed E-state index contributed by atoms with van der Waals surface area (Å²) in [5.74, 6) is 0. The molecule has 1 heteroatoms. The van der Waals surface area contributed by atoms with Crippen LogP contribution >= 0.6 is 0 Å². The van der Waals surface area contributed by atoms with Crippen molar-refractivity contribution in [2.75, 3.05) is 19.6 Å². The van der Waals surface area contributed by atoms with Gasteiger partial charge in [0.25, 0.3) is 0 Å². The van der Waals surface area contributed by atoms with Crippen molar-refractivity contribution in [2.45, 2.75) is 96.9 Å². The van der Waals surface area contributed by atoms with Gasteiger partial charge in [0.1, 0.15) is 6.04 Å². The first kappa shape index (κ1) is 20.5. The van der Waals surface area contributed by atoms with Crippen LogP contribution in [-0.4, -0.2) is 24.1 Å². The molecule has 1 atom stereocenters. The summed E-state index contributed by atoms with van der Waals surface area (Å²) < 4.78 is 1.37. The van der Waals surface area contributed by atoms with E-state index >= 15 is 0 Å². The normalized spacial score (nSPS) is 17.7. The Morgan fingerprint density at radius 2 is 1.32 bits per heavy atom. The van der Waals surface area contributed by atoms with Crippen molar-refractivity contribution in [3.63, 3.8) is 0 Å². The Morgan fingerprint density at radius 1 is 0.760 bits per heavy atom. The van der Waals surface area contributed by atoms with Crippen molar-refractivity contribution in [2.24, 2.45) is 0 Å².